The number of quaternary nitrogens is 1. The zero-order valence-corrected chi connectivity index (χ0v) is 41.8. The first-order valence-corrected chi connectivity index (χ1v) is 24.7. The number of hydrogen-bond donors (Lipinski definition) is 8. The molecule has 4 aromatic rings. The number of carbonyl (C=O) groups is 7. The van der Waals surface area contributed by atoms with Crippen LogP contribution in [0.3, 0.4) is 0 Å². The summed E-state index contributed by atoms with van der Waals surface area (Å²) in [6.45, 7) is 4.16. The summed E-state index contributed by atoms with van der Waals surface area (Å²) in [4.78, 5) is 93.7. The van der Waals surface area contributed by atoms with E-state index in [1.165, 1.54) is 101 Å². The van der Waals surface area contributed by atoms with E-state index in [4.69, 9.17) is 9.90 Å². The van der Waals surface area contributed by atoms with Gasteiger partial charge in [-0.25, -0.2) is 9.78 Å². The summed E-state index contributed by atoms with van der Waals surface area (Å²) in [6.07, 6.45) is 7.40. The molecular formula is C53H67F3N7O11+. The summed E-state index contributed by atoms with van der Waals surface area (Å²) < 4.78 is 31.5. The van der Waals surface area contributed by atoms with Gasteiger partial charge in [-0.05, 0) is 98.2 Å². The van der Waals surface area contributed by atoms with E-state index in [0.717, 1.165) is 22.6 Å². The Bertz CT molecular complexity index is 2560. The van der Waals surface area contributed by atoms with Gasteiger partial charge in [-0.3, -0.25) is 24.0 Å². The molecule has 0 aliphatic carbocycles. The van der Waals surface area contributed by atoms with Gasteiger partial charge in [-0.15, -0.1) is 0 Å². The predicted octanol–water partition coefficient (Wildman–Crippen LogP) is 3.68. The maximum absolute atomic E-state index is 14.4. The van der Waals surface area contributed by atoms with Gasteiger partial charge >= 0.3 is 12.1 Å². The average Bonchev–Trinajstić information content (AvgIpc) is 3.36. The van der Waals surface area contributed by atoms with E-state index in [2.05, 4.69) is 63.2 Å². The van der Waals surface area contributed by atoms with E-state index in [-0.39, 0.29) is 54.0 Å². The number of nitrogens with one attached hydrogen (secondary N) is 5. The summed E-state index contributed by atoms with van der Waals surface area (Å²) in [5, 5.41) is 51.2. The number of rotatable bonds is 21. The highest BCUT2D eigenvalue weighted by molar-refractivity contribution is 5.96. The highest BCUT2D eigenvalue weighted by atomic mass is 19.4. The molecule has 2 heterocycles. The number of likely N-dealkylation sites (N-methyl/N-ethyl adjacent to an activating group) is 1. The number of aromatic nitrogens is 1. The first kappa shape index (κ1) is 59.0. The molecule has 4 bridgehead atoms. The molecule has 18 nitrogen and oxygen atoms in total. The Morgan fingerprint density at radius 1 is 0.851 bits per heavy atom. The van der Waals surface area contributed by atoms with Gasteiger partial charge in [0.25, 0.3) is 5.91 Å². The van der Waals surface area contributed by atoms with Crippen molar-refractivity contribution in [1.29, 1.82) is 0 Å². The predicted molar refractivity (Wildman–Crippen MR) is 263 cm³/mol. The number of carboxylic acid groups (broad SMARTS) is 2. The Hall–Kier alpha value is -7.55. The Balaban J connectivity index is 0.00000158. The zero-order valence-electron chi connectivity index (χ0n) is 41.8. The molecule has 5 rings (SSSR count). The lowest BCUT2D eigenvalue weighted by Crippen LogP contribution is -2.55. The van der Waals surface area contributed by atoms with Crippen LogP contribution in [0.1, 0.15) is 118 Å². The van der Waals surface area contributed by atoms with Crippen LogP contribution in [0.15, 0.2) is 79.0 Å². The second kappa shape index (κ2) is 28.6. The first-order valence-electron chi connectivity index (χ1n) is 24.7. The SMILES string of the molecule is CCCCCCCCCc1ccc(-c2ccc(C(=O)NCCC(=O)N[C@@H](CCCC[NH3+])C(=O)N(C)[C@@H]3C(=O)N[C@@H](C)C(=O)N[C@H](C(=O)O)Cc4ccc(O)c(c4)-c4cc3ccc4O)c[nH+]2)cc1.O=C([O-])C(F)(F)F. The summed E-state index contributed by atoms with van der Waals surface area (Å²) >= 11 is 0. The number of aromatic amines is 1. The number of unbranched alkanes of at least 4 members (excludes halogenated alkanes) is 7. The number of phenols is 2. The van der Waals surface area contributed by atoms with Crippen molar-refractivity contribution in [3.8, 4) is 33.9 Å². The second-order valence-electron chi connectivity index (χ2n) is 18.1. The quantitative estimate of drug-likeness (QED) is 0.0557. The normalized spacial score (nSPS) is 16.0. The maximum atomic E-state index is 14.4. The van der Waals surface area contributed by atoms with Crippen LogP contribution in [0.25, 0.3) is 22.4 Å². The summed E-state index contributed by atoms with van der Waals surface area (Å²) in [5.41, 5.74) is 8.27. The number of benzene rings is 3. The van der Waals surface area contributed by atoms with E-state index in [0.29, 0.717) is 30.5 Å². The van der Waals surface area contributed by atoms with E-state index in [9.17, 15) is 57.3 Å². The van der Waals surface area contributed by atoms with Crippen LogP contribution in [0.2, 0.25) is 0 Å². The molecule has 0 radical (unpaired) electrons. The third-order valence-electron chi connectivity index (χ3n) is 12.4. The number of fused-ring (bicyclic) bond motifs is 5. The molecule has 74 heavy (non-hydrogen) atoms. The molecule has 0 fully saturated rings. The molecule has 5 amide bonds. The number of amides is 5. The summed E-state index contributed by atoms with van der Waals surface area (Å²) in [7, 11) is 1.38. The van der Waals surface area contributed by atoms with Crippen molar-refractivity contribution in [2.24, 2.45) is 0 Å². The standard InChI is InChI=1S/C51H65N7O9.C2HF3O2/c1-4-5-6-7-8-9-10-13-33-15-18-35(19-16-33)40-22-20-37(31-54-40)48(63)53-27-25-45(61)56-41(14-11-12-26-52)50(65)58(3)46-36-21-24-44(60)39(30-36)38-28-34(17-23-43(38)59)29-42(51(66)67)57-47(62)32(2)55-49(46)64;3-2(4,5)1(6)7/h15-24,28,30-32,41-42,46,59-60H,4-14,25-27,29,52H2,1-3H3,(H,53,63)(H,55,64)(H,56,61)(H,57,62)(H,66,67);(H,6,7)/p+1/t32-,41-,42-,46-;/m0./s1. The molecule has 11 N–H and O–H groups in total. The lowest BCUT2D eigenvalue weighted by Gasteiger charge is -2.32. The van der Waals surface area contributed by atoms with Crippen molar-refractivity contribution in [3.63, 3.8) is 0 Å². The number of aliphatic carboxylic acids is 2. The van der Waals surface area contributed by atoms with Crippen LogP contribution in [0.4, 0.5) is 13.2 Å². The minimum Gasteiger partial charge on any atom is -0.542 e. The number of carbonyl (C=O) groups excluding carboxylic acids is 6. The molecule has 0 saturated carbocycles. The third-order valence-corrected chi connectivity index (χ3v) is 12.4. The van der Waals surface area contributed by atoms with Gasteiger partial charge in [0.15, 0.2) is 6.20 Å². The fourth-order valence-electron chi connectivity index (χ4n) is 8.20. The number of H-pyrrole nitrogens is 1. The highest BCUT2D eigenvalue weighted by Crippen LogP contribution is 2.39. The zero-order chi connectivity index (χ0) is 54.5. The molecule has 0 saturated heterocycles. The van der Waals surface area contributed by atoms with E-state index in [1.54, 1.807) is 12.3 Å². The van der Waals surface area contributed by atoms with Crippen LogP contribution in [-0.2, 0) is 41.6 Å². The van der Waals surface area contributed by atoms with Crippen molar-refractivity contribution < 1.29 is 77.9 Å². The Labute approximate surface area is 427 Å². The van der Waals surface area contributed by atoms with Crippen LogP contribution in [0, 0.1) is 0 Å². The number of pyridine rings is 1. The molecule has 1 aliphatic rings. The van der Waals surface area contributed by atoms with Crippen LogP contribution in [-0.4, -0.2) is 106 Å². The van der Waals surface area contributed by atoms with E-state index >= 15 is 0 Å². The van der Waals surface area contributed by atoms with Gasteiger partial charge in [-0.1, -0.05) is 69.7 Å². The lowest BCUT2D eigenvalue weighted by molar-refractivity contribution is -0.368. The van der Waals surface area contributed by atoms with Crippen LogP contribution < -0.4 is 37.1 Å². The fraction of sp³-hybridized carbons (Fsp3) is 0.434. The van der Waals surface area contributed by atoms with E-state index in [1.807, 2.05) is 6.07 Å². The molecule has 3 aromatic carbocycles. The minimum absolute atomic E-state index is 0.0275. The molecule has 1 aromatic heterocycles. The van der Waals surface area contributed by atoms with Crippen molar-refractivity contribution in [1.82, 2.24) is 26.2 Å². The third kappa shape index (κ3) is 17.9. The molecule has 0 unspecified atom stereocenters. The number of nitrogens with zero attached hydrogens (tertiary/aromatic N) is 1. The fourth-order valence-corrected chi connectivity index (χ4v) is 8.20. The number of phenolic OH excluding ortho intramolecular Hbond substituents is 2. The Morgan fingerprint density at radius 2 is 1.49 bits per heavy atom. The monoisotopic (exact) mass is 1030 g/mol. The number of carboxylic acids is 2. The molecule has 21 heteroatoms. The first-order chi connectivity index (χ1) is 35.1. The van der Waals surface area contributed by atoms with Gasteiger partial charge in [0.05, 0.1) is 6.54 Å². The molecule has 0 spiro atoms. The van der Waals surface area contributed by atoms with Gasteiger partial charge < -0.3 is 57.1 Å². The van der Waals surface area contributed by atoms with Gasteiger partial charge in [0, 0.05) is 49.2 Å². The number of hydrogen-bond acceptors (Lipinski definition) is 10. The Kier molecular flexibility index (Phi) is 22.8. The maximum Gasteiger partial charge on any atom is 0.430 e. The molecular weight excluding hydrogens is 968 g/mol. The van der Waals surface area contributed by atoms with Crippen molar-refractivity contribution in [2.75, 3.05) is 20.1 Å². The van der Waals surface area contributed by atoms with Gasteiger partial charge in [-0.2, -0.15) is 13.2 Å². The summed E-state index contributed by atoms with van der Waals surface area (Å²) in [5.74, 6) is -7.98. The average molecular weight is 1040 g/mol. The van der Waals surface area contributed by atoms with Crippen molar-refractivity contribution in [2.45, 2.75) is 128 Å². The minimum atomic E-state index is -5.19. The summed E-state index contributed by atoms with van der Waals surface area (Å²) in [6, 6.07) is 15.3. The van der Waals surface area contributed by atoms with Crippen molar-refractivity contribution in [3.05, 3.63) is 101 Å². The largest absolute Gasteiger partial charge is 0.542 e. The van der Waals surface area contributed by atoms with E-state index < -0.39 is 71.8 Å². The second-order valence-corrected chi connectivity index (χ2v) is 18.1. The smallest absolute Gasteiger partial charge is 0.430 e. The van der Waals surface area contributed by atoms with Gasteiger partial charge in [0.2, 0.25) is 29.3 Å². The Morgan fingerprint density at radius 3 is 2.09 bits per heavy atom. The molecule has 1 aliphatic heterocycles. The van der Waals surface area contributed by atoms with Gasteiger partial charge in [0.1, 0.15) is 47.2 Å². The molecule has 400 valence electrons. The topological polar surface area (TPSA) is 296 Å². The number of aryl methyl sites for hydroxylation is 1. The van der Waals surface area contributed by atoms with Crippen molar-refractivity contribution >= 4 is 41.5 Å². The van der Waals surface area contributed by atoms with Crippen LogP contribution >= 0.6 is 0 Å². The highest BCUT2D eigenvalue weighted by Gasteiger charge is 2.36. The molecule has 4 atom stereocenters. The lowest BCUT2D eigenvalue weighted by atomic mass is 9.93. The van der Waals surface area contributed by atoms with Crippen LogP contribution in [0.5, 0.6) is 11.5 Å². The number of alkyl halides is 3. The number of aromatic hydroxyl groups is 2. The number of halogens is 3.